The number of H-pyrrole nitrogens is 1. The van der Waals surface area contributed by atoms with Crippen molar-refractivity contribution in [3.63, 3.8) is 0 Å². The largest absolute Gasteiger partial charge is 0.388 e. The lowest BCUT2D eigenvalue weighted by atomic mass is 10.1. The van der Waals surface area contributed by atoms with E-state index in [1.165, 1.54) is 48.9 Å². The van der Waals surface area contributed by atoms with Crippen LogP contribution in [0.25, 0.3) is 17.3 Å². The highest BCUT2D eigenvalue weighted by Crippen LogP contribution is 2.39. The van der Waals surface area contributed by atoms with E-state index in [2.05, 4.69) is 69.5 Å². The fraction of sp³-hybridized carbons (Fsp3) is 0.414. The number of nitrogens with zero attached hydrogens (tertiary/aromatic N) is 2. The Bertz CT molecular complexity index is 1210. The van der Waals surface area contributed by atoms with Gasteiger partial charge in [-0.25, -0.2) is 8.42 Å². The quantitative estimate of drug-likeness (QED) is 0.447. The van der Waals surface area contributed by atoms with Gasteiger partial charge in [0, 0.05) is 49.5 Å². The standard InChI is InChI=1S/C13H15N3.C13H17NO2S.C3H6/c1-14-11-6-4-10(5-7-11)13-8-12(15-16-13)9-2-3-9;1-2-12-4-3-5-13(10-12)11-14-6-8-17(15,16)9-7-14;1-2-3-1/h4-9,14H,2-3H2,1H3,(H,15,16);2-5,10H,1,6-9,11H2;1-3H2. The minimum atomic E-state index is -2.78. The number of hydrogen-bond acceptors (Lipinski definition) is 5. The van der Waals surface area contributed by atoms with E-state index in [9.17, 15) is 8.42 Å². The highest BCUT2D eigenvalue weighted by molar-refractivity contribution is 7.91. The molecule has 6 nitrogen and oxygen atoms in total. The molecule has 0 spiro atoms. The average molecular weight is 507 g/mol. The van der Waals surface area contributed by atoms with Crippen LogP contribution in [0.3, 0.4) is 0 Å². The van der Waals surface area contributed by atoms with E-state index < -0.39 is 9.84 Å². The predicted molar refractivity (Wildman–Crippen MR) is 150 cm³/mol. The zero-order valence-corrected chi connectivity index (χ0v) is 22.1. The van der Waals surface area contributed by atoms with Gasteiger partial charge in [0.05, 0.1) is 17.2 Å². The summed E-state index contributed by atoms with van der Waals surface area (Å²) in [6, 6.07) is 18.7. The van der Waals surface area contributed by atoms with E-state index in [-0.39, 0.29) is 11.5 Å². The molecule has 1 aliphatic heterocycles. The number of benzene rings is 2. The molecule has 36 heavy (non-hydrogen) atoms. The molecule has 2 aliphatic carbocycles. The minimum absolute atomic E-state index is 0.286. The van der Waals surface area contributed by atoms with Gasteiger partial charge in [-0.3, -0.25) is 10.00 Å². The molecular formula is C29H38N4O2S. The number of aromatic nitrogens is 2. The smallest absolute Gasteiger partial charge is 0.152 e. The summed E-state index contributed by atoms with van der Waals surface area (Å²) >= 11 is 0. The lowest BCUT2D eigenvalue weighted by molar-refractivity contribution is 0.287. The Hall–Kier alpha value is -2.90. The summed E-state index contributed by atoms with van der Waals surface area (Å²) in [5.41, 5.74) is 6.94. The molecule has 0 unspecified atom stereocenters. The molecule has 0 bridgehead atoms. The Balaban J connectivity index is 0.000000151. The molecule has 3 fully saturated rings. The molecule has 3 aliphatic rings. The summed E-state index contributed by atoms with van der Waals surface area (Å²) in [4.78, 5) is 2.18. The van der Waals surface area contributed by atoms with Gasteiger partial charge in [0.2, 0.25) is 0 Å². The van der Waals surface area contributed by atoms with E-state index in [0.29, 0.717) is 13.1 Å². The van der Waals surface area contributed by atoms with E-state index >= 15 is 0 Å². The number of nitrogens with one attached hydrogen (secondary N) is 2. The predicted octanol–water partition coefficient (Wildman–Crippen LogP) is 5.73. The molecule has 2 heterocycles. The number of sulfone groups is 1. The molecule has 3 aromatic rings. The maximum absolute atomic E-state index is 11.3. The van der Waals surface area contributed by atoms with Crippen molar-refractivity contribution in [3.8, 4) is 11.3 Å². The van der Waals surface area contributed by atoms with E-state index in [0.717, 1.165) is 29.4 Å². The summed E-state index contributed by atoms with van der Waals surface area (Å²) in [5, 5.41) is 10.6. The molecule has 0 amide bonds. The van der Waals surface area contributed by atoms with Crippen molar-refractivity contribution >= 4 is 21.6 Å². The third kappa shape index (κ3) is 8.35. The van der Waals surface area contributed by atoms with Crippen LogP contribution in [0.4, 0.5) is 5.69 Å². The van der Waals surface area contributed by atoms with Crippen LogP contribution < -0.4 is 5.32 Å². The van der Waals surface area contributed by atoms with Crippen LogP contribution in [0, 0.1) is 0 Å². The van der Waals surface area contributed by atoms with Crippen molar-refractivity contribution in [1.82, 2.24) is 15.1 Å². The van der Waals surface area contributed by atoms with Crippen LogP contribution in [0.15, 0.2) is 61.2 Å². The SMILES string of the molecule is C1CC1.C=Cc1cccc(CN2CCS(=O)(=O)CC2)c1.CNc1ccc(-c2cc(C3CC3)[nH]n2)cc1. The van der Waals surface area contributed by atoms with Crippen LogP contribution in [0.1, 0.15) is 54.8 Å². The summed E-state index contributed by atoms with van der Waals surface area (Å²) in [7, 11) is -0.853. The fourth-order valence-electron chi connectivity index (χ4n) is 3.88. The monoisotopic (exact) mass is 506 g/mol. The molecule has 1 saturated heterocycles. The molecule has 2 N–H and O–H groups in total. The molecular weight excluding hydrogens is 468 g/mol. The van der Waals surface area contributed by atoms with Crippen molar-refractivity contribution in [1.29, 1.82) is 0 Å². The molecule has 6 rings (SSSR count). The number of rotatable bonds is 6. The molecule has 7 heteroatoms. The van der Waals surface area contributed by atoms with Crippen LogP contribution in [-0.2, 0) is 16.4 Å². The second-order valence-corrected chi connectivity index (χ2v) is 12.1. The first-order chi connectivity index (χ1) is 17.5. The molecule has 192 valence electrons. The van der Waals surface area contributed by atoms with Gasteiger partial charge >= 0.3 is 0 Å². The van der Waals surface area contributed by atoms with E-state index in [1.807, 2.05) is 25.3 Å². The van der Waals surface area contributed by atoms with Crippen molar-refractivity contribution in [2.24, 2.45) is 0 Å². The molecule has 0 radical (unpaired) electrons. The Labute approximate surface area is 215 Å². The van der Waals surface area contributed by atoms with Gasteiger partial charge in [-0.2, -0.15) is 5.10 Å². The second-order valence-electron chi connectivity index (χ2n) is 9.75. The number of hydrogen-bond donors (Lipinski definition) is 2. The zero-order valence-electron chi connectivity index (χ0n) is 21.2. The topological polar surface area (TPSA) is 78.1 Å². The van der Waals surface area contributed by atoms with Crippen molar-refractivity contribution in [2.45, 2.75) is 44.6 Å². The van der Waals surface area contributed by atoms with E-state index in [4.69, 9.17) is 0 Å². The van der Waals surface area contributed by atoms with Gasteiger partial charge in [0.25, 0.3) is 0 Å². The lowest BCUT2D eigenvalue weighted by Crippen LogP contribution is -2.39. The maximum atomic E-state index is 11.3. The fourth-order valence-corrected chi connectivity index (χ4v) is 5.16. The maximum Gasteiger partial charge on any atom is 0.152 e. The van der Waals surface area contributed by atoms with Crippen LogP contribution in [0.2, 0.25) is 0 Å². The third-order valence-electron chi connectivity index (χ3n) is 6.47. The third-order valence-corrected chi connectivity index (χ3v) is 8.08. The summed E-state index contributed by atoms with van der Waals surface area (Å²) in [6.07, 6.45) is 8.94. The first-order valence-corrected chi connectivity index (χ1v) is 14.8. The molecule has 2 aromatic carbocycles. The van der Waals surface area contributed by atoms with Gasteiger partial charge < -0.3 is 5.32 Å². The van der Waals surface area contributed by atoms with Gasteiger partial charge in [0.15, 0.2) is 9.84 Å². The average Bonchev–Trinajstić information content (AvgIpc) is 3.85. The van der Waals surface area contributed by atoms with Crippen molar-refractivity contribution in [3.05, 3.63) is 78.0 Å². The Morgan fingerprint density at radius 1 is 1.06 bits per heavy atom. The molecule has 2 saturated carbocycles. The van der Waals surface area contributed by atoms with Gasteiger partial charge in [-0.1, -0.05) is 68.3 Å². The summed E-state index contributed by atoms with van der Waals surface area (Å²) < 4.78 is 22.6. The van der Waals surface area contributed by atoms with Gasteiger partial charge in [-0.05, 0) is 42.2 Å². The van der Waals surface area contributed by atoms with Crippen LogP contribution in [-0.4, -0.2) is 55.2 Å². The highest BCUT2D eigenvalue weighted by Gasteiger charge is 2.25. The van der Waals surface area contributed by atoms with Gasteiger partial charge in [-0.15, -0.1) is 0 Å². The second kappa shape index (κ2) is 12.4. The first kappa shape index (κ1) is 26.2. The lowest BCUT2D eigenvalue weighted by Gasteiger charge is -2.26. The van der Waals surface area contributed by atoms with Crippen LogP contribution in [0.5, 0.6) is 0 Å². The number of anilines is 1. The molecule has 0 atom stereocenters. The minimum Gasteiger partial charge on any atom is -0.388 e. The summed E-state index contributed by atoms with van der Waals surface area (Å²) in [5.74, 6) is 1.31. The molecule has 1 aromatic heterocycles. The summed E-state index contributed by atoms with van der Waals surface area (Å²) in [6.45, 7) is 5.84. The van der Waals surface area contributed by atoms with Crippen molar-refractivity contribution in [2.75, 3.05) is 37.0 Å². The first-order valence-electron chi connectivity index (χ1n) is 12.9. The Morgan fingerprint density at radius 3 is 2.33 bits per heavy atom. The van der Waals surface area contributed by atoms with Gasteiger partial charge in [0.1, 0.15) is 0 Å². The normalized spacial score (nSPS) is 18.1. The van der Waals surface area contributed by atoms with Crippen LogP contribution >= 0.6 is 0 Å². The highest BCUT2D eigenvalue weighted by atomic mass is 32.2. The Morgan fingerprint density at radius 2 is 1.75 bits per heavy atom. The van der Waals surface area contributed by atoms with Crippen molar-refractivity contribution < 1.29 is 8.42 Å². The van der Waals surface area contributed by atoms with E-state index in [1.54, 1.807) is 0 Å². The number of aromatic amines is 1. The Kier molecular flexibility index (Phi) is 8.99. The zero-order chi connectivity index (χ0) is 25.4.